The number of aromatic amines is 1. The predicted molar refractivity (Wildman–Crippen MR) is 67.9 cm³/mol. The van der Waals surface area contributed by atoms with E-state index >= 15 is 0 Å². The van der Waals surface area contributed by atoms with Crippen molar-refractivity contribution in [1.29, 1.82) is 0 Å². The second-order valence-electron chi connectivity index (χ2n) is 3.68. The molecule has 17 heavy (non-hydrogen) atoms. The summed E-state index contributed by atoms with van der Waals surface area (Å²) < 4.78 is 0. The summed E-state index contributed by atoms with van der Waals surface area (Å²) in [5.41, 5.74) is 1.58. The number of thioether (sulfide) groups is 1. The summed E-state index contributed by atoms with van der Waals surface area (Å²) in [5.74, 6) is -0.438. The molecular formula is C11H16N2O3S. The smallest absolute Gasteiger partial charge is 0.352 e. The molecule has 1 heterocycles. The van der Waals surface area contributed by atoms with Crippen molar-refractivity contribution in [3.8, 4) is 0 Å². The van der Waals surface area contributed by atoms with Crippen molar-refractivity contribution in [1.82, 2.24) is 10.3 Å². The number of carboxylic acids is 1. The Morgan fingerprint density at radius 2 is 2.06 bits per heavy atom. The van der Waals surface area contributed by atoms with E-state index in [4.69, 9.17) is 5.11 Å². The summed E-state index contributed by atoms with van der Waals surface area (Å²) >= 11 is 1.64. The number of hydrogen-bond donors (Lipinski definition) is 3. The first-order chi connectivity index (χ1) is 7.99. The number of aromatic nitrogens is 1. The third kappa shape index (κ3) is 3.03. The summed E-state index contributed by atoms with van der Waals surface area (Å²) in [7, 11) is 0. The number of carbonyl (C=O) groups excluding carboxylic acids is 1. The van der Waals surface area contributed by atoms with Crippen LogP contribution in [-0.2, 0) is 0 Å². The Morgan fingerprint density at radius 1 is 1.41 bits per heavy atom. The van der Waals surface area contributed by atoms with E-state index in [9.17, 15) is 9.59 Å². The maximum Gasteiger partial charge on any atom is 0.352 e. The number of carboxylic acid groups (broad SMARTS) is 1. The van der Waals surface area contributed by atoms with E-state index in [2.05, 4.69) is 10.3 Å². The lowest BCUT2D eigenvalue weighted by Crippen LogP contribution is -2.26. The second kappa shape index (κ2) is 5.77. The number of aromatic carboxylic acids is 1. The molecule has 3 N–H and O–H groups in total. The molecule has 1 rings (SSSR count). The minimum absolute atomic E-state index is 0.0810. The van der Waals surface area contributed by atoms with Crippen LogP contribution in [0.1, 0.15) is 32.1 Å². The first-order valence-electron chi connectivity index (χ1n) is 5.18. The van der Waals surface area contributed by atoms with Crippen molar-refractivity contribution in [3.05, 3.63) is 22.5 Å². The van der Waals surface area contributed by atoms with Crippen molar-refractivity contribution in [3.63, 3.8) is 0 Å². The van der Waals surface area contributed by atoms with E-state index in [0.717, 1.165) is 5.75 Å². The number of aryl methyl sites for hydroxylation is 1. The molecule has 0 aliphatic heterocycles. The van der Waals surface area contributed by atoms with Crippen LogP contribution in [0.2, 0.25) is 0 Å². The minimum atomic E-state index is -1.05. The molecule has 0 bridgehead atoms. The Morgan fingerprint density at radius 3 is 2.53 bits per heavy atom. The van der Waals surface area contributed by atoms with E-state index < -0.39 is 5.97 Å². The van der Waals surface area contributed by atoms with Gasteiger partial charge in [-0.15, -0.1) is 0 Å². The van der Waals surface area contributed by atoms with Crippen LogP contribution in [0.25, 0.3) is 0 Å². The maximum absolute atomic E-state index is 11.9. The minimum Gasteiger partial charge on any atom is -0.477 e. The van der Waals surface area contributed by atoms with Gasteiger partial charge in [0.1, 0.15) is 5.69 Å². The fraction of sp³-hybridized carbons (Fsp3) is 0.455. The standard InChI is InChI=1S/C11H16N2O3S/c1-6-8(10(14)12-4-5-17-3)7(2)13-9(6)11(15)16/h13H,4-5H2,1-3H3,(H,12,14)(H,15,16). The van der Waals surface area contributed by atoms with Gasteiger partial charge in [-0.05, 0) is 25.7 Å². The van der Waals surface area contributed by atoms with Gasteiger partial charge >= 0.3 is 5.97 Å². The van der Waals surface area contributed by atoms with Crippen LogP contribution < -0.4 is 5.32 Å². The molecule has 0 unspecified atom stereocenters. The fourth-order valence-corrected chi connectivity index (χ4v) is 1.97. The monoisotopic (exact) mass is 256 g/mol. The van der Waals surface area contributed by atoms with Gasteiger partial charge in [0.25, 0.3) is 5.91 Å². The molecule has 0 aliphatic rings. The summed E-state index contributed by atoms with van der Waals surface area (Å²) in [6.45, 7) is 3.91. The lowest BCUT2D eigenvalue weighted by atomic mass is 10.1. The fourth-order valence-electron chi connectivity index (χ4n) is 1.66. The van der Waals surface area contributed by atoms with Crippen LogP contribution in [0, 0.1) is 13.8 Å². The number of rotatable bonds is 5. The largest absolute Gasteiger partial charge is 0.477 e. The van der Waals surface area contributed by atoms with Crippen molar-refractivity contribution < 1.29 is 14.7 Å². The Labute approximate surface area is 104 Å². The van der Waals surface area contributed by atoms with Crippen molar-refractivity contribution >= 4 is 23.6 Å². The van der Waals surface area contributed by atoms with Crippen LogP contribution >= 0.6 is 11.8 Å². The third-order valence-electron chi connectivity index (χ3n) is 2.47. The van der Waals surface area contributed by atoms with Gasteiger partial charge in [0.15, 0.2) is 0 Å². The zero-order valence-corrected chi connectivity index (χ0v) is 10.9. The average Bonchev–Trinajstić information content (AvgIpc) is 2.54. The second-order valence-corrected chi connectivity index (χ2v) is 4.66. The Bertz CT molecular complexity index is 440. The van der Waals surface area contributed by atoms with E-state index in [1.54, 1.807) is 25.6 Å². The van der Waals surface area contributed by atoms with Crippen LogP contribution in [0.5, 0.6) is 0 Å². The Hall–Kier alpha value is -1.43. The molecule has 0 saturated heterocycles. The number of H-pyrrole nitrogens is 1. The topological polar surface area (TPSA) is 82.2 Å². The summed E-state index contributed by atoms with van der Waals surface area (Å²) in [6.07, 6.45) is 1.96. The molecule has 0 radical (unpaired) electrons. The highest BCUT2D eigenvalue weighted by molar-refractivity contribution is 7.98. The SMILES string of the molecule is CSCCNC(=O)c1c(C)[nH]c(C(=O)O)c1C. The number of hydrogen-bond acceptors (Lipinski definition) is 3. The molecule has 0 aromatic carbocycles. The molecule has 5 nitrogen and oxygen atoms in total. The quantitative estimate of drug-likeness (QED) is 0.696. The lowest BCUT2D eigenvalue weighted by molar-refractivity contribution is 0.0690. The van der Waals surface area contributed by atoms with Gasteiger partial charge in [0.2, 0.25) is 0 Å². The number of carbonyl (C=O) groups is 2. The maximum atomic E-state index is 11.9. The van der Waals surface area contributed by atoms with Gasteiger partial charge < -0.3 is 15.4 Å². The molecule has 6 heteroatoms. The molecule has 1 amide bonds. The highest BCUT2D eigenvalue weighted by Crippen LogP contribution is 2.17. The lowest BCUT2D eigenvalue weighted by Gasteiger charge is -2.04. The first-order valence-corrected chi connectivity index (χ1v) is 6.58. The van der Waals surface area contributed by atoms with Gasteiger partial charge in [-0.1, -0.05) is 0 Å². The predicted octanol–water partition coefficient (Wildman–Crippen LogP) is 1.42. The van der Waals surface area contributed by atoms with Gasteiger partial charge in [0.05, 0.1) is 5.56 Å². The van der Waals surface area contributed by atoms with Crippen molar-refractivity contribution in [2.75, 3.05) is 18.6 Å². The highest BCUT2D eigenvalue weighted by Gasteiger charge is 2.20. The Kier molecular flexibility index (Phi) is 4.62. The zero-order valence-electron chi connectivity index (χ0n) is 10.1. The van der Waals surface area contributed by atoms with E-state index in [1.807, 2.05) is 6.26 Å². The van der Waals surface area contributed by atoms with Crippen LogP contribution in [0.15, 0.2) is 0 Å². The molecule has 0 saturated carbocycles. The molecular weight excluding hydrogens is 240 g/mol. The summed E-state index contributed by atoms with van der Waals surface area (Å²) in [5, 5.41) is 11.7. The van der Waals surface area contributed by atoms with E-state index in [-0.39, 0.29) is 11.6 Å². The third-order valence-corrected chi connectivity index (χ3v) is 3.08. The first kappa shape index (κ1) is 13.6. The molecule has 0 fully saturated rings. The highest BCUT2D eigenvalue weighted by atomic mass is 32.2. The summed E-state index contributed by atoms with van der Waals surface area (Å²) in [6, 6.07) is 0. The molecule has 1 aromatic rings. The average molecular weight is 256 g/mol. The normalized spacial score (nSPS) is 10.3. The van der Waals surface area contributed by atoms with Crippen LogP contribution in [0.4, 0.5) is 0 Å². The number of nitrogens with one attached hydrogen (secondary N) is 2. The molecule has 0 atom stereocenters. The van der Waals surface area contributed by atoms with Gasteiger partial charge in [-0.3, -0.25) is 4.79 Å². The van der Waals surface area contributed by atoms with Crippen LogP contribution in [-0.4, -0.2) is 40.5 Å². The molecule has 1 aromatic heterocycles. The molecule has 0 spiro atoms. The van der Waals surface area contributed by atoms with E-state index in [0.29, 0.717) is 23.4 Å². The number of amides is 1. The Balaban J connectivity index is 2.90. The van der Waals surface area contributed by atoms with Gasteiger partial charge in [-0.2, -0.15) is 11.8 Å². The van der Waals surface area contributed by atoms with Gasteiger partial charge in [-0.25, -0.2) is 4.79 Å². The molecule has 0 aliphatic carbocycles. The van der Waals surface area contributed by atoms with Crippen molar-refractivity contribution in [2.24, 2.45) is 0 Å². The molecule has 94 valence electrons. The van der Waals surface area contributed by atoms with E-state index in [1.165, 1.54) is 0 Å². The van der Waals surface area contributed by atoms with Gasteiger partial charge in [0, 0.05) is 18.0 Å². The summed E-state index contributed by atoms with van der Waals surface area (Å²) in [4.78, 5) is 25.5. The van der Waals surface area contributed by atoms with Crippen LogP contribution in [0.3, 0.4) is 0 Å². The zero-order chi connectivity index (χ0) is 13.0. The van der Waals surface area contributed by atoms with Crippen molar-refractivity contribution in [2.45, 2.75) is 13.8 Å².